The number of nitrogens with one attached hydrogen (secondary N) is 3. The molecule has 3 atom stereocenters. The first-order valence-electron chi connectivity index (χ1n) is 10.1. The van der Waals surface area contributed by atoms with E-state index in [9.17, 15) is 9.59 Å². The smallest absolute Gasteiger partial charge is 0.315 e. The molecule has 0 radical (unpaired) electrons. The summed E-state index contributed by atoms with van der Waals surface area (Å²) in [7, 11) is 0. The lowest BCUT2D eigenvalue weighted by atomic mass is 9.83. The summed E-state index contributed by atoms with van der Waals surface area (Å²) >= 11 is 0. The maximum atomic E-state index is 12.5. The monoisotopic (exact) mass is 427 g/mol. The molecule has 30 heavy (non-hydrogen) atoms. The standard InChI is InChI=1S/C18H31N5O4.CH2O2/c1-5-8-26-15-9-13(6-7-14(15)22-18(25)20-11(2)3)17(24)19-10-16-21-12(4)27-23-16;2-1-3/h11,13-15H,5-10H2,1-4H3,(H,19,24)(H2,20,22,25);1H,(H,2,3)/t13-,14+,15+;/m0./s1. The zero-order chi connectivity index (χ0) is 22.5. The summed E-state index contributed by atoms with van der Waals surface area (Å²) in [6.07, 6.45) is 2.66. The van der Waals surface area contributed by atoms with Crippen molar-refractivity contribution in [2.45, 2.75) is 78.1 Å². The van der Waals surface area contributed by atoms with Crippen LogP contribution in [-0.2, 0) is 20.9 Å². The summed E-state index contributed by atoms with van der Waals surface area (Å²) in [5.74, 6) is 0.720. The highest BCUT2D eigenvalue weighted by Gasteiger charge is 2.35. The predicted molar refractivity (Wildman–Crippen MR) is 108 cm³/mol. The molecule has 2 rings (SSSR count). The minimum absolute atomic E-state index is 0.0485. The van der Waals surface area contributed by atoms with Crippen LogP contribution in [0.5, 0.6) is 0 Å². The van der Waals surface area contributed by atoms with Gasteiger partial charge in [0.15, 0.2) is 5.82 Å². The van der Waals surface area contributed by atoms with Crippen LogP contribution in [0.25, 0.3) is 0 Å². The zero-order valence-electron chi connectivity index (χ0n) is 18.0. The van der Waals surface area contributed by atoms with Crippen LogP contribution >= 0.6 is 0 Å². The largest absolute Gasteiger partial charge is 0.483 e. The first-order valence-corrected chi connectivity index (χ1v) is 10.1. The van der Waals surface area contributed by atoms with Crippen LogP contribution in [0.3, 0.4) is 0 Å². The minimum atomic E-state index is -0.250. The van der Waals surface area contributed by atoms with Crippen molar-refractivity contribution in [3.63, 3.8) is 0 Å². The lowest BCUT2D eigenvalue weighted by molar-refractivity contribution is -0.128. The van der Waals surface area contributed by atoms with Gasteiger partial charge in [-0.05, 0) is 39.5 Å². The van der Waals surface area contributed by atoms with E-state index in [4.69, 9.17) is 19.2 Å². The second kappa shape index (κ2) is 13.5. The number of aromatic nitrogens is 2. The third-order valence-corrected chi connectivity index (χ3v) is 4.43. The van der Waals surface area contributed by atoms with E-state index < -0.39 is 0 Å². The molecule has 0 unspecified atom stereocenters. The Hall–Kier alpha value is -2.69. The number of aryl methyl sites for hydroxylation is 1. The first kappa shape index (κ1) is 25.3. The Labute approximate surface area is 176 Å². The Morgan fingerprint density at radius 3 is 2.63 bits per heavy atom. The van der Waals surface area contributed by atoms with Crippen LogP contribution in [0.4, 0.5) is 4.79 Å². The number of hydrogen-bond acceptors (Lipinski definition) is 7. The van der Waals surface area contributed by atoms with E-state index >= 15 is 0 Å². The van der Waals surface area contributed by atoms with Crippen molar-refractivity contribution in [3.8, 4) is 0 Å². The normalized spacial score (nSPS) is 20.6. The number of rotatable bonds is 8. The fraction of sp³-hybridized carbons (Fsp3) is 0.737. The number of carboxylic acid groups (broad SMARTS) is 1. The molecule has 4 N–H and O–H groups in total. The lowest BCUT2D eigenvalue weighted by Gasteiger charge is -2.36. The molecule has 11 heteroatoms. The van der Waals surface area contributed by atoms with E-state index in [1.807, 2.05) is 20.8 Å². The van der Waals surface area contributed by atoms with E-state index in [1.54, 1.807) is 6.92 Å². The molecule has 1 aliphatic rings. The Bertz CT molecular complexity index is 666. The molecule has 0 aromatic carbocycles. The lowest BCUT2D eigenvalue weighted by Crippen LogP contribution is -2.53. The van der Waals surface area contributed by atoms with Crippen LogP contribution in [0.1, 0.15) is 58.2 Å². The van der Waals surface area contributed by atoms with E-state index in [0.717, 1.165) is 6.42 Å². The summed E-state index contributed by atoms with van der Waals surface area (Å²) in [6.45, 7) is 8.16. The number of amides is 3. The average Bonchev–Trinajstić information content (AvgIpc) is 3.10. The number of hydrogen-bond donors (Lipinski definition) is 4. The maximum absolute atomic E-state index is 12.5. The molecule has 0 spiro atoms. The molecular weight excluding hydrogens is 394 g/mol. The van der Waals surface area contributed by atoms with E-state index in [2.05, 4.69) is 26.1 Å². The van der Waals surface area contributed by atoms with Gasteiger partial charge in [-0.3, -0.25) is 9.59 Å². The van der Waals surface area contributed by atoms with Gasteiger partial charge in [-0.2, -0.15) is 4.98 Å². The Morgan fingerprint density at radius 1 is 1.37 bits per heavy atom. The Balaban J connectivity index is 0.00000141. The first-order chi connectivity index (χ1) is 14.3. The van der Waals surface area contributed by atoms with E-state index in [0.29, 0.717) is 37.6 Å². The van der Waals surface area contributed by atoms with Crippen LogP contribution in [-0.4, -0.2) is 58.5 Å². The molecule has 1 aliphatic carbocycles. The van der Waals surface area contributed by atoms with Crippen molar-refractivity contribution in [3.05, 3.63) is 11.7 Å². The minimum Gasteiger partial charge on any atom is -0.483 e. The fourth-order valence-corrected chi connectivity index (χ4v) is 3.18. The Kier molecular flexibility index (Phi) is 11.4. The highest BCUT2D eigenvalue weighted by Crippen LogP contribution is 2.27. The van der Waals surface area contributed by atoms with E-state index in [-0.39, 0.29) is 49.1 Å². The molecule has 1 aromatic heterocycles. The van der Waals surface area contributed by atoms with Crippen molar-refractivity contribution in [2.75, 3.05) is 6.61 Å². The molecule has 0 saturated heterocycles. The number of urea groups is 1. The molecule has 1 saturated carbocycles. The molecule has 1 fully saturated rings. The summed E-state index contributed by atoms with van der Waals surface area (Å²) in [6, 6.07) is -0.231. The van der Waals surface area contributed by atoms with Gasteiger partial charge in [-0.15, -0.1) is 0 Å². The number of carbonyl (C=O) groups excluding carboxylic acids is 2. The van der Waals surface area contributed by atoms with Crippen molar-refractivity contribution in [1.29, 1.82) is 0 Å². The fourth-order valence-electron chi connectivity index (χ4n) is 3.18. The van der Waals surface area contributed by atoms with Crippen LogP contribution in [0.15, 0.2) is 4.52 Å². The summed E-state index contributed by atoms with van der Waals surface area (Å²) in [5.41, 5.74) is 0. The molecule has 3 amide bonds. The van der Waals surface area contributed by atoms with E-state index in [1.165, 1.54) is 0 Å². The molecule has 0 aliphatic heterocycles. The third-order valence-electron chi connectivity index (χ3n) is 4.43. The second-order valence-corrected chi connectivity index (χ2v) is 7.35. The van der Waals surface area contributed by atoms with Crippen LogP contribution in [0.2, 0.25) is 0 Å². The molecule has 170 valence electrons. The molecule has 1 heterocycles. The average molecular weight is 428 g/mol. The Morgan fingerprint density at radius 2 is 2.07 bits per heavy atom. The highest BCUT2D eigenvalue weighted by atomic mass is 16.5. The third kappa shape index (κ3) is 9.21. The van der Waals surface area contributed by atoms with Crippen LogP contribution in [0, 0.1) is 12.8 Å². The van der Waals surface area contributed by atoms with Crippen molar-refractivity contribution >= 4 is 18.4 Å². The molecular formula is C19H33N5O6. The number of carbonyl (C=O) groups is 3. The highest BCUT2D eigenvalue weighted by molar-refractivity contribution is 5.79. The quantitative estimate of drug-likeness (QED) is 0.453. The molecule has 0 bridgehead atoms. The SMILES string of the molecule is CCCO[C@@H]1C[C@@H](C(=O)NCc2noc(C)n2)CC[C@H]1NC(=O)NC(C)C.O=CO. The summed E-state index contributed by atoms with van der Waals surface area (Å²) in [5, 5.41) is 19.4. The van der Waals surface area contributed by atoms with Gasteiger partial charge in [-0.1, -0.05) is 12.1 Å². The van der Waals surface area contributed by atoms with Crippen molar-refractivity contribution < 1.29 is 28.8 Å². The van der Waals surface area contributed by atoms with Gasteiger partial charge in [0.1, 0.15) is 0 Å². The molecule has 1 aromatic rings. The van der Waals surface area contributed by atoms with Gasteiger partial charge in [0.25, 0.3) is 6.47 Å². The summed E-state index contributed by atoms with van der Waals surface area (Å²) in [4.78, 5) is 37.0. The van der Waals surface area contributed by atoms with Gasteiger partial charge in [-0.25, -0.2) is 4.79 Å². The predicted octanol–water partition coefficient (Wildman–Crippen LogP) is 1.37. The van der Waals surface area contributed by atoms with Gasteiger partial charge >= 0.3 is 6.03 Å². The van der Waals surface area contributed by atoms with Gasteiger partial charge in [0.2, 0.25) is 11.8 Å². The van der Waals surface area contributed by atoms with Gasteiger partial charge in [0.05, 0.1) is 18.7 Å². The number of ether oxygens (including phenoxy) is 1. The van der Waals surface area contributed by atoms with Crippen molar-refractivity contribution in [2.24, 2.45) is 5.92 Å². The summed E-state index contributed by atoms with van der Waals surface area (Å²) < 4.78 is 10.8. The van der Waals surface area contributed by atoms with Gasteiger partial charge < -0.3 is 30.3 Å². The molecule has 11 nitrogen and oxygen atoms in total. The van der Waals surface area contributed by atoms with Crippen LogP contribution < -0.4 is 16.0 Å². The maximum Gasteiger partial charge on any atom is 0.315 e. The zero-order valence-corrected chi connectivity index (χ0v) is 18.0. The number of nitrogens with zero attached hydrogens (tertiary/aromatic N) is 2. The topological polar surface area (TPSA) is 156 Å². The van der Waals surface area contributed by atoms with Crippen molar-refractivity contribution in [1.82, 2.24) is 26.1 Å². The van der Waals surface area contributed by atoms with Gasteiger partial charge in [0, 0.05) is 25.5 Å². The second-order valence-electron chi connectivity index (χ2n) is 7.35.